The number of nitrogens with one attached hydrogen (secondary N) is 1. The van der Waals surface area contributed by atoms with Crippen molar-refractivity contribution in [3.05, 3.63) is 23.0 Å². The number of halogens is 1. The normalized spacial score (nSPS) is 7.43. The number of rotatable bonds is 0. The molecule has 0 radical (unpaired) electrons. The zero-order valence-electron chi connectivity index (χ0n) is 3.38. The molecule has 0 aromatic carbocycles. The number of aromatic nitrogens is 1. The van der Waals surface area contributed by atoms with Gasteiger partial charge in [0.1, 0.15) is 6.26 Å². The minimum atomic E-state index is -0.407. The molecule has 1 heterocycles. The minimum absolute atomic E-state index is 0. The molecular weight excluding hydrogens is 117 g/mol. The van der Waals surface area contributed by atoms with Crippen LogP contribution in [0.15, 0.2) is 21.7 Å². The third-order valence-corrected chi connectivity index (χ3v) is 0.444. The molecule has 0 spiro atoms. The molecule has 0 atom stereocenters. The Morgan fingerprint density at radius 3 is 2.57 bits per heavy atom. The second kappa shape index (κ2) is 2.47. The lowest BCUT2D eigenvalue weighted by Crippen LogP contribution is -1.91. The Morgan fingerprint density at radius 1 is 1.71 bits per heavy atom. The maximum absolute atomic E-state index is 9.85. The molecule has 1 rings (SSSR count). The van der Waals surface area contributed by atoms with Gasteiger partial charge in [0, 0.05) is 6.20 Å². The highest BCUT2D eigenvalue weighted by atomic mass is 35.5. The van der Waals surface area contributed by atoms with Gasteiger partial charge in [0.2, 0.25) is 0 Å². The summed E-state index contributed by atoms with van der Waals surface area (Å²) in [7, 11) is 0. The summed E-state index contributed by atoms with van der Waals surface area (Å²) in [5.74, 6) is -0.407. The highest BCUT2D eigenvalue weighted by molar-refractivity contribution is 5.85. The fourth-order valence-corrected chi connectivity index (χ4v) is 0.232. The smallest absolute Gasteiger partial charge is 0.416 e. The average molecular weight is 122 g/mol. The first-order valence-corrected chi connectivity index (χ1v) is 1.52. The second-order valence-electron chi connectivity index (χ2n) is 0.852. The van der Waals surface area contributed by atoms with Crippen LogP contribution < -0.4 is 5.76 Å². The van der Waals surface area contributed by atoms with Gasteiger partial charge in [-0.3, -0.25) is 4.98 Å². The van der Waals surface area contributed by atoms with E-state index >= 15 is 0 Å². The Morgan fingerprint density at radius 2 is 2.43 bits per heavy atom. The van der Waals surface area contributed by atoms with E-state index in [-0.39, 0.29) is 12.4 Å². The Hall–Kier alpha value is -0.700. The summed E-state index contributed by atoms with van der Waals surface area (Å²) in [5.41, 5.74) is 0. The molecule has 40 valence electrons. The Kier molecular flexibility index (Phi) is 2.22. The van der Waals surface area contributed by atoms with Crippen molar-refractivity contribution in [3.63, 3.8) is 0 Å². The van der Waals surface area contributed by atoms with Crippen LogP contribution in [-0.2, 0) is 0 Å². The molecule has 0 aliphatic rings. The van der Waals surface area contributed by atoms with E-state index in [1.165, 1.54) is 12.5 Å². The van der Waals surface area contributed by atoms with Gasteiger partial charge in [-0.05, 0) is 0 Å². The van der Waals surface area contributed by atoms with E-state index in [0.29, 0.717) is 0 Å². The lowest BCUT2D eigenvalue weighted by Gasteiger charge is -1.51. The van der Waals surface area contributed by atoms with E-state index in [1.807, 2.05) is 0 Å². The molecule has 0 fully saturated rings. The summed E-state index contributed by atoms with van der Waals surface area (Å²) in [6.45, 7) is 0. The number of H-pyrrole nitrogens is 1. The predicted molar refractivity (Wildman–Crippen MR) is 26.6 cm³/mol. The van der Waals surface area contributed by atoms with E-state index in [1.54, 1.807) is 0 Å². The van der Waals surface area contributed by atoms with E-state index < -0.39 is 5.76 Å². The van der Waals surface area contributed by atoms with Gasteiger partial charge < -0.3 is 4.42 Å². The molecule has 1 aromatic heterocycles. The molecule has 0 bridgehead atoms. The van der Waals surface area contributed by atoms with Crippen molar-refractivity contribution in [1.29, 1.82) is 0 Å². The molecule has 0 amide bonds. The number of oxazole rings is 1. The van der Waals surface area contributed by atoms with Gasteiger partial charge in [-0.25, -0.2) is 4.79 Å². The third kappa shape index (κ3) is 1.45. The third-order valence-electron chi connectivity index (χ3n) is 0.444. The monoisotopic (exact) mass is 121 g/mol. The average Bonchev–Trinajstić information content (AvgIpc) is 1.86. The fraction of sp³-hybridized carbons (Fsp3) is 0. The van der Waals surface area contributed by atoms with Crippen LogP contribution >= 0.6 is 12.4 Å². The lowest BCUT2D eigenvalue weighted by atomic mass is 11.0. The molecule has 4 heteroatoms. The van der Waals surface area contributed by atoms with Gasteiger partial charge in [-0.15, -0.1) is 12.4 Å². The van der Waals surface area contributed by atoms with Gasteiger partial charge in [-0.1, -0.05) is 0 Å². The van der Waals surface area contributed by atoms with Crippen LogP contribution in [0.5, 0.6) is 0 Å². The SMILES string of the molecule is Cl.O=c1[nH]cco1. The highest BCUT2D eigenvalue weighted by Gasteiger charge is 1.72. The van der Waals surface area contributed by atoms with Crippen molar-refractivity contribution in [3.8, 4) is 0 Å². The van der Waals surface area contributed by atoms with Crippen molar-refractivity contribution in [2.24, 2.45) is 0 Å². The van der Waals surface area contributed by atoms with E-state index in [2.05, 4.69) is 9.40 Å². The van der Waals surface area contributed by atoms with Crippen molar-refractivity contribution >= 4 is 12.4 Å². The van der Waals surface area contributed by atoms with Crippen molar-refractivity contribution in [1.82, 2.24) is 4.98 Å². The van der Waals surface area contributed by atoms with E-state index in [0.717, 1.165) is 0 Å². The van der Waals surface area contributed by atoms with Crippen LogP contribution in [0.3, 0.4) is 0 Å². The fourth-order valence-electron chi connectivity index (χ4n) is 0.232. The summed E-state index contributed by atoms with van der Waals surface area (Å²) in [6, 6.07) is 0. The first-order chi connectivity index (χ1) is 2.89. The zero-order chi connectivity index (χ0) is 4.41. The van der Waals surface area contributed by atoms with Gasteiger partial charge in [-0.2, -0.15) is 0 Å². The minimum Gasteiger partial charge on any atom is -0.417 e. The highest BCUT2D eigenvalue weighted by Crippen LogP contribution is 1.62. The van der Waals surface area contributed by atoms with Crippen LogP contribution in [-0.4, -0.2) is 4.98 Å². The van der Waals surface area contributed by atoms with Crippen LogP contribution in [0.1, 0.15) is 0 Å². The largest absolute Gasteiger partial charge is 0.417 e. The summed E-state index contributed by atoms with van der Waals surface area (Å²) < 4.78 is 4.22. The maximum atomic E-state index is 9.85. The standard InChI is InChI=1S/C3H3NO2.ClH/c5-3-4-1-2-6-3;/h1-2H,(H,4,5);1H. The number of aromatic amines is 1. The Balaban J connectivity index is 0.000000360. The number of hydrogen-bond acceptors (Lipinski definition) is 2. The molecule has 0 aliphatic carbocycles. The first kappa shape index (κ1) is 6.30. The molecular formula is C3H4ClNO2. The molecule has 1 N–H and O–H groups in total. The molecule has 1 aromatic rings. The van der Waals surface area contributed by atoms with Crippen molar-refractivity contribution in [2.45, 2.75) is 0 Å². The van der Waals surface area contributed by atoms with Crippen molar-refractivity contribution in [2.75, 3.05) is 0 Å². The van der Waals surface area contributed by atoms with Gasteiger partial charge in [0.25, 0.3) is 0 Å². The quantitative estimate of drug-likeness (QED) is 0.540. The van der Waals surface area contributed by atoms with Gasteiger partial charge in [0.05, 0.1) is 0 Å². The molecule has 0 saturated carbocycles. The summed E-state index contributed by atoms with van der Waals surface area (Å²) in [4.78, 5) is 12.1. The molecule has 0 unspecified atom stereocenters. The summed E-state index contributed by atoms with van der Waals surface area (Å²) >= 11 is 0. The molecule has 0 aliphatic heterocycles. The van der Waals surface area contributed by atoms with E-state index in [4.69, 9.17) is 0 Å². The van der Waals surface area contributed by atoms with Crippen LogP contribution in [0, 0.1) is 0 Å². The molecule has 7 heavy (non-hydrogen) atoms. The number of hydrogen-bond donors (Lipinski definition) is 1. The summed E-state index contributed by atoms with van der Waals surface area (Å²) in [6.07, 6.45) is 2.73. The Bertz CT molecular complexity index is 151. The topological polar surface area (TPSA) is 46.0 Å². The van der Waals surface area contributed by atoms with Gasteiger partial charge >= 0.3 is 5.76 Å². The lowest BCUT2D eigenvalue weighted by molar-refractivity contribution is 0.515. The van der Waals surface area contributed by atoms with Crippen LogP contribution in [0.2, 0.25) is 0 Å². The maximum Gasteiger partial charge on any atom is 0.416 e. The van der Waals surface area contributed by atoms with Crippen LogP contribution in [0.25, 0.3) is 0 Å². The Labute approximate surface area is 45.8 Å². The van der Waals surface area contributed by atoms with Crippen LogP contribution in [0.4, 0.5) is 0 Å². The zero-order valence-corrected chi connectivity index (χ0v) is 4.20. The van der Waals surface area contributed by atoms with Crippen molar-refractivity contribution < 1.29 is 4.42 Å². The second-order valence-corrected chi connectivity index (χ2v) is 0.852. The first-order valence-electron chi connectivity index (χ1n) is 1.52. The predicted octanol–water partition coefficient (Wildman–Crippen LogP) is 0.390. The van der Waals surface area contributed by atoms with E-state index in [9.17, 15) is 4.79 Å². The molecule has 3 nitrogen and oxygen atoms in total. The summed E-state index contributed by atoms with van der Waals surface area (Å²) in [5, 5.41) is 0. The van der Waals surface area contributed by atoms with Gasteiger partial charge in [0.15, 0.2) is 0 Å². The molecule has 0 saturated heterocycles.